The van der Waals surface area contributed by atoms with Crippen molar-refractivity contribution in [2.24, 2.45) is 17.2 Å². The monoisotopic (exact) mass is 605 g/mol. The van der Waals surface area contributed by atoms with E-state index in [1.54, 1.807) is 0 Å². The number of nitrogens with two attached hydrogens (primary N) is 3. The Bertz CT molecular complexity index is 1290. The largest absolute Gasteiger partial charge is 0.491 e. The van der Waals surface area contributed by atoms with Crippen LogP contribution in [0.1, 0.15) is 43.4 Å². The van der Waals surface area contributed by atoms with Gasteiger partial charge in [0.1, 0.15) is 18.4 Å². The minimum absolute atomic E-state index is 0.0156. The fourth-order valence-electron chi connectivity index (χ4n) is 4.83. The maximum absolute atomic E-state index is 13.5. The number of halogens is 3. The molecule has 10 nitrogen and oxygen atoms in total. The van der Waals surface area contributed by atoms with Crippen LogP contribution in [0.25, 0.3) is 0 Å². The van der Waals surface area contributed by atoms with Crippen molar-refractivity contribution in [1.82, 2.24) is 10.6 Å². The van der Waals surface area contributed by atoms with E-state index in [-0.39, 0.29) is 57.5 Å². The number of alkyl halides is 3. The summed E-state index contributed by atoms with van der Waals surface area (Å²) in [5.74, 6) is -1.38. The summed E-state index contributed by atoms with van der Waals surface area (Å²) in [5, 5.41) is 5.24. The van der Waals surface area contributed by atoms with Gasteiger partial charge in [-0.05, 0) is 61.1 Å². The van der Waals surface area contributed by atoms with E-state index in [4.69, 9.17) is 26.6 Å². The van der Waals surface area contributed by atoms with Crippen LogP contribution in [0.5, 0.6) is 5.75 Å². The summed E-state index contributed by atoms with van der Waals surface area (Å²) < 4.78 is 50.4. The Balaban J connectivity index is 1.71. The van der Waals surface area contributed by atoms with E-state index < -0.39 is 47.2 Å². The number of ketones is 1. The molecule has 0 aliphatic carbocycles. The molecule has 1 aliphatic rings. The Hall–Kier alpha value is -3.46. The summed E-state index contributed by atoms with van der Waals surface area (Å²) in [6, 6.07) is 6.91. The molecule has 0 aromatic heterocycles. The quantitative estimate of drug-likeness (QED) is 0.199. The molecule has 0 saturated carbocycles. The van der Waals surface area contributed by atoms with E-state index in [0.29, 0.717) is 5.56 Å². The number of benzene rings is 2. The van der Waals surface area contributed by atoms with Gasteiger partial charge in [0.05, 0.1) is 23.2 Å². The molecule has 0 saturated heterocycles. The first-order chi connectivity index (χ1) is 20.1. The number of amides is 2. The van der Waals surface area contributed by atoms with Crippen molar-refractivity contribution in [3.8, 4) is 5.75 Å². The average molecular weight is 605 g/mol. The lowest BCUT2D eigenvalue weighted by molar-refractivity contribution is -0.137. The van der Waals surface area contributed by atoms with Gasteiger partial charge in [0.25, 0.3) is 0 Å². The standard InChI is InChI=1S/C29H39BF3N5O5/c1-28(2)21-12-17(4-9-22(21)30(3)43-28)13-25(39)24(16-42-20-7-5-18(6-8-20)29(31,32)33)38-27(41)23(36)10-11-26(40)37-19(14-34)15-35/h4-9,12,19,23-24H,10-11,13-16,34-36H2,1-3H3,(H,37,40)(H,38,41)/t23-,24+/m0/s1. The number of rotatable bonds is 14. The average Bonchev–Trinajstić information content (AvgIpc) is 3.18. The molecule has 0 unspecified atom stereocenters. The molecule has 14 heteroatoms. The fourth-order valence-corrected chi connectivity index (χ4v) is 4.83. The van der Waals surface area contributed by atoms with Gasteiger partial charge in [-0.25, -0.2) is 0 Å². The second kappa shape index (κ2) is 14.3. The molecule has 0 radical (unpaired) electrons. The van der Waals surface area contributed by atoms with Crippen LogP contribution >= 0.6 is 0 Å². The smallest absolute Gasteiger partial charge is 0.416 e. The second-order valence-electron chi connectivity index (χ2n) is 11.1. The van der Waals surface area contributed by atoms with Crippen molar-refractivity contribution in [1.29, 1.82) is 0 Å². The SMILES string of the molecule is CB1OC(C)(C)c2cc(CC(=O)[C@@H](COc3ccc(C(F)(F)F)cc3)NC(=O)[C@@H](N)CCC(=O)NC(CN)CN)ccc21. The molecular formula is C29H39BF3N5O5. The third-order valence-electron chi connectivity index (χ3n) is 7.31. The highest BCUT2D eigenvalue weighted by Crippen LogP contribution is 2.32. The predicted molar refractivity (Wildman–Crippen MR) is 157 cm³/mol. The van der Waals surface area contributed by atoms with Crippen LogP contribution in [0, 0.1) is 0 Å². The molecular weight excluding hydrogens is 566 g/mol. The van der Waals surface area contributed by atoms with Gasteiger partial charge in [-0.3, -0.25) is 14.4 Å². The molecule has 2 aromatic rings. The van der Waals surface area contributed by atoms with E-state index in [0.717, 1.165) is 35.3 Å². The van der Waals surface area contributed by atoms with Gasteiger partial charge in [0, 0.05) is 25.9 Å². The van der Waals surface area contributed by atoms with Crippen molar-refractivity contribution in [2.75, 3.05) is 19.7 Å². The van der Waals surface area contributed by atoms with Gasteiger partial charge < -0.3 is 37.2 Å². The van der Waals surface area contributed by atoms with Gasteiger partial charge in [0.2, 0.25) is 11.8 Å². The first-order valence-electron chi connectivity index (χ1n) is 14.0. The van der Waals surface area contributed by atoms with Crippen molar-refractivity contribution in [3.63, 3.8) is 0 Å². The Morgan fingerprint density at radius 2 is 1.70 bits per heavy atom. The van der Waals surface area contributed by atoms with Crippen LogP contribution in [0.2, 0.25) is 6.82 Å². The minimum Gasteiger partial charge on any atom is -0.491 e. The Morgan fingerprint density at radius 1 is 1.05 bits per heavy atom. The van der Waals surface area contributed by atoms with Gasteiger partial charge in [-0.2, -0.15) is 13.2 Å². The third-order valence-corrected chi connectivity index (χ3v) is 7.31. The molecule has 1 aliphatic heterocycles. The molecule has 1 heterocycles. The minimum atomic E-state index is -4.51. The number of ether oxygens (including phenoxy) is 1. The van der Waals surface area contributed by atoms with Crippen LogP contribution in [0.3, 0.4) is 0 Å². The molecule has 2 atom stereocenters. The van der Waals surface area contributed by atoms with Gasteiger partial charge >= 0.3 is 13.1 Å². The lowest BCUT2D eigenvalue weighted by atomic mass is 9.64. The normalized spacial score (nSPS) is 15.5. The Labute approximate surface area is 249 Å². The van der Waals surface area contributed by atoms with E-state index in [2.05, 4.69) is 10.6 Å². The number of fused-ring (bicyclic) bond motifs is 1. The maximum Gasteiger partial charge on any atom is 0.416 e. The highest BCUT2D eigenvalue weighted by atomic mass is 19.4. The van der Waals surface area contributed by atoms with Crippen LogP contribution in [0.4, 0.5) is 13.2 Å². The van der Waals surface area contributed by atoms with Crippen LogP contribution in [-0.2, 0) is 37.2 Å². The topological polar surface area (TPSA) is 172 Å². The van der Waals surface area contributed by atoms with E-state index in [9.17, 15) is 27.6 Å². The fraction of sp³-hybridized carbons (Fsp3) is 0.483. The zero-order valence-electron chi connectivity index (χ0n) is 24.5. The predicted octanol–water partition coefficient (Wildman–Crippen LogP) is 0.984. The summed E-state index contributed by atoms with van der Waals surface area (Å²) >= 11 is 0. The number of Topliss-reactive ketones (excluding diaryl/α,β-unsaturated/α-hetero) is 1. The third kappa shape index (κ3) is 9.26. The van der Waals surface area contributed by atoms with Gasteiger partial charge in [-0.1, -0.05) is 25.0 Å². The number of hydrogen-bond donors (Lipinski definition) is 5. The number of carbonyl (C=O) groups excluding carboxylic acids is 3. The van der Waals surface area contributed by atoms with E-state index in [1.807, 2.05) is 38.9 Å². The highest BCUT2D eigenvalue weighted by Gasteiger charge is 2.38. The summed E-state index contributed by atoms with van der Waals surface area (Å²) in [7, 11) is 0. The molecule has 0 spiro atoms. The summed E-state index contributed by atoms with van der Waals surface area (Å²) in [6.07, 6.45) is -4.66. The van der Waals surface area contributed by atoms with Crippen LogP contribution in [0.15, 0.2) is 42.5 Å². The van der Waals surface area contributed by atoms with Crippen molar-refractivity contribution in [3.05, 3.63) is 59.2 Å². The second-order valence-corrected chi connectivity index (χ2v) is 11.1. The Morgan fingerprint density at radius 3 is 2.30 bits per heavy atom. The van der Waals surface area contributed by atoms with Gasteiger partial charge in [0.15, 0.2) is 5.78 Å². The first-order valence-corrected chi connectivity index (χ1v) is 14.0. The summed E-state index contributed by atoms with van der Waals surface area (Å²) in [6.45, 7) is 5.69. The van der Waals surface area contributed by atoms with E-state index in [1.165, 1.54) is 0 Å². The van der Waals surface area contributed by atoms with Crippen LogP contribution in [-0.4, -0.2) is 62.3 Å². The number of nitrogens with one attached hydrogen (secondary N) is 2. The van der Waals surface area contributed by atoms with E-state index >= 15 is 0 Å². The molecule has 2 aromatic carbocycles. The molecule has 0 fully saturated rings. The number of carbonyl (C=O) groups is 3. The van der Waals surface area contributed by atoms with Crippen molar-refractivity contribution < 1.29 is 36.9 Å². The lowest BCUT2D eigenvalue weighted by Gasteiger charge is -2.22. The highest BCUT2D eigenvalue weighted by molar-refractivity contribution is 6.67. The zero-order valence-corrected chi connectivity index (χ0v) is 24.5. The molecule has 3 rings (SSSR count). The van der Waals surface area contributed by atoms with Crippen molar-refractivity contribution in [2.45, 2.75) is 69.8 Å². The zero-order chi connectivity index (χ0) is 31.9. The molecule has 2 amide bonds. The summed E-state index contributed by atoms with van der Waals surface area (Å²) in [4.78, 5) is 38.6. The molecule has 8 N–H and O–H groups in total. The van der Waals surface area contributed by atoms with Gasteiger partial charge in [-0.15, -0.1) is 0 Å². The number of hydrogen-bond acceptors (Lipinski definition) is 8. The van der Waals surface area contributed by atoms with Crippen LogP contribution < -0.4 is 38.0 Å². The molecule has 234 valence electrons. The Kier molecular flexibility index (Phi) is 11.4. The lowest BCUT2D eigenvalue weighted by Crippen LogP contribution is -2.51. The first kappa shape index (κ1) is 34.0. The maximum atomic E-state index is 13.5. The molecule has 43 heavy (non-hydrogen) atoms. The van der Waals surface area contributed by atoms with Crippen molar-refractivity contribution >= 4 is 30.0 Å². The molecule has 0 bridgehead atoms. The summed E-state index contributed by atoms with van der Waals surface area (Å²) in [5.41, 5.74) is 18.4.